The van der Waals surface area contributed by atoms with Crippen molar-refractivity contribution in [1.82, 2.24) is 14.9 Å². The molecule has 2 rings (SSSR count). The number of rotatable bonds is 5. The van der Waals surface area contributed by atoms with Crippen LogP contribution in [0, 0.1) is 0 Å². The molecular weight excluding hydrogens is 236 g/mol. The van der Waals surface area contributed by atoms with E-state index in [-0.39, 0.29) is 5.91 Å². The van der Waals surface area contributed by atoms with Crippen molar-refractivity contribution in [3.05, 3.63) is 40.6 Å². The zero-order valence-electron chi connectivity index (χ0n) is 9.30. The fourth-order valence-corrected chi connectivity index (χ4v) is 2.08. The molecule has 0 saturated heterocycles. The molecular formula is C11H14N4OS. The summed E-state index contributed by atoms with van der Waals surface area (Å²) in [5.74, 6) is -0.160. The molecule has 17 heavy (non-hydrogen) atoms. The minimum Gasteiger partial charge on any atom is -0.347 e. The van der Waals surface area contributed by atoms with E-state index < -0.39 is 0 Å². The minimum atomic E-state index is -0.160. The van der Waals surface area contributed by atoms with Crippen molar-refractivity contribution in [2.75, 3.05) is 6.54 Å². The molecule has 0 bridgehead atoms. The van der Waals surface area contributed by atoms with Gasteiger partial charge in [0, 0.05) is 25.8 Å². The van der Waals surface area contributed by atoms with Crippen LogP contribution in [0.2, 0.25) is 0 Å². The van der Waals surface area contributed by atoms with E-state index in [0.29, 0.717) is 25.3 Å². The number of nitrogens with two attached hydrogens (primary N) is 1. The van der Waals surface area contributed by atoms with Gasteiger partial charge in [0.05, 0.1) is 6.33 Å². The molecule has 0 radical (unpaired) electrons. The van der Waals surface area contributed by atoms with Crippen molar-refractivity contribution in [3.8, 4) is 0 Å². The highest BCUT2D eigenvalue weighted by molar-refractivity contribution is 7.07. The van der Waals surface area contributed by atoms with E-state index in [1.54, 1.807) is 28.4 Å². The number of imidazole rings is 1. The van der Waals surface area contributed by atoms with Crippen molar-refractivity contribution >= 4 is 17.2 Å². The van der Waals surface area contributed by atoms with Crippen LogP contribution in [0.1, 0.15) is 16.1 Å². The number of aromatic nitrogens is 2. The van der Waals surface area contributed by atoms with E-state index in [1.165, 1.54) is 0 Å². The average molecular weight is 250 g/mol. The lowest BCUT2D eigenvalue weighted by Gasteiger charge is -2.00. The van der Waals surface area contributed by atoms with Crippen molar-refractivity contribution in [2.45, 2.75) is 13.1 Å². The smallest absolute Gasteiger partial charge is 0.271 e. The van der Waals surface area contributed by atoms with Gasteiger partial charge in [-0.3, -0.25) is 4.79 Å². The lowest BCUT2D eigenvalue weighted by molar-refractivity contribution is 0.0946. The summed E-state index contributed by atoms with van der Waals surface area (Å²) in [6.07, 6.45) is 3.32. The molecule has 2 aromatic heterocycles. The van der Waals surface area contributed by atoms with Gasteiger partial charge in [0.1, 0.15) is 5.69 Å². The summed E-state index contributed by atoms with van der Waals surface area (Å²) in [7, 11) is 0. The molecule has 0 aliphatic heterocycles. The number of nitrogens with one attached hydrogen (secondary N) is 1. The highest BCUT2D eigenvalue weighted by atomic mass is 32.1. The molecule has 0 atom stereocenters. The van der Waals surface area contributed by atoms with Crippen LogP contribution in [0.15, 0.2) is 29.4 Å². The summed E-state index contributed by atoms with van der Waals surface area (Å²) < 4.78 is 1.81. The van der Waals surface area contributed by atoms with Crippen LogP contribution >= 0.6 is 11.3 Å². The quantitative estimate of drug-likeness (QED) is 0.825. The van der Waals surface area contributed by atoms with E-state index in [1.807, 2.05) is 16.8 Å². The Morgan fingerprint density at radius 3 is 3.18 bits per heavy atom. The SMILES string of the molecule is NCCn1cnc(C(=O)NCc2ccsc2)c1. The normalized spacial score (nSPS) is 10.4. The van der Waals surface area contributed by atoms with Gasteiger partial charge < -0.3 is 15.6 Å². The Kier molecular flexibility index (Phi) is 3.89. The second-order valence-electron chi connectivity index (χ2n) is 3.60. The van der Waals surface area contributed by atoms with Gasteiger partial charge in [-0.05, 0) is 22.4 Å². The summed E-state index contributed by atoms with van der Waals surface area (Å²) in [6, 6.07) is 1.98. The van der Waals surface area contributed by atoms with Crippen LogP contribution in [0.4, 0.5) is 0 Å². The number of hydrogen-bond donors (Lipinski definition) is 2. The summed E-state index contributed by atoms with van der Waals surface area (Å²) in [6.45, 7) is 1.74. The molecule has 90 valence electrons. The van der Waals surface area contributed by atoms with Crippen molar-refractivity contribution in [3.63, 3.8) is 0 Å². The van der Waals surface area contributed by atoms with Gasteiger partial charge in [-0.2, -0.15) is 11.3 Å². The van der Waals surface area contributed by atoms with Crippen molar-refractivity contribution in [2.24, 2.45) is 5.73 Å². The molecule has 2 aromatic rings. The lowest BCUT2D eigenvalue weighted by Crippen LogP contribution is -2.22. The van der Waals surface area contributed by atoms with Gasteiger partial charge >= 0.3 is 0 Å². The minimum absolute atomic E-state index is 0.160. The standard InChI is InChI=1S/C11H14N4OS/c12-2-3-15-6-10(14-8-15)11(16)13-5-9-1-4-17-7-9/h1,4,6-8H,2-3,5,12H2,(H,13,16). The van der Waals surface area contributed by atoms with Crippen LogP contribution in [0.25, 0.3) is 0 Å². The van der Waals surface area contributed by atoms with E-state index in [4.69, 9.17) is 5.73 Å². The first-order chi connectivity index (χ1) is 8.29. The first kappa shape index (κ1) is 11.8. The van der Waals surface area contributed by atoms with Gasteiger partial charge in [-0.1, -0.05) is 0 Å². The van der Waals surface area contributed by atoms with Crippen LogP contribution in [0.3, 0.4) is 0 Å². The number of carbonyl (C=O) groups is 1. The van der Waals surface area contributed by atoms with Crippen LogP contribution < -0.4 is 11.1 Å². The monoisotopic (exact) mass is 250 g/mol. The van der Waals surface area contributed by atoms with Gasteiger partial charge in [-0.15, -0.1) is 0 Å². The first-order valence-corrected chi connectivity index (χ1v) is 6.25. The van der Waals surface area contributed by atoms with E-state index in [9.17, 15) is 4.79 Å². The summed E-state index contributed by atoms with van der Waals surface area (Å²) in [5, 5.41) is 6.81. The second-order valence-corrected chi connectivity index (χ2v) is 4.38. The van der Waals surface area contributed by atoms with Gasteiger partial charge in [-0.25, -0.2) is 4.98 Å². The Bertz CT molecular complexity index is 477. The molecule has 0 saturated carbocycles. The molecule has 6 heteroatoms. The largest absolute Gasteiger partial charge is 0.347 e. The van der Waals surface area contributed by atoms with Crippen molar-refractivity contribution in [1.29, 1.82) is 0 Å². The van der Waals surface area contributed by atoms with E-state index >= 15 is 0 Å². The number of carbonyl (C=O) groups excluding carboxylic acids is 1. The molecule has 2 heterocycles. The Morgan fingerprint density at radius 2 is 2.47 bits per heavy atom. The maximum absolute atomic E-state index is 11.7. The Hall–Kier alpha value is -1.66. The van der Waals surface area contributed by atoms with Crippen molar-refractivity contribution < 1.29 is 4.79 Å². The molecule has 1 amide bonds. The molecule has 0 spiro atoms. The topological polar surface area (TPSA) is 72.9 Å². The molecule has 3 N–H and O–H groups in total. The van der Waals surface area contributed by atoms with Gasteiger partial charge in [0.15, 0.2) is 0 Å². The van der Waals surface area contributed by atoms with E-state index in [0.717, 1.165) is 5.56 Å². The lowest BCUT2D eigenvalue weighted by atomic mass is 10.3. The Balaban J connectivity index is 1.90. The fourth-order valence-electron chi connectivity index (χ4n) is 1.41. The third-order valence-electron chi connectivity index (χ3n) is 2.29. The number of hydrogen-bond acceptors (Lipinski definition) is 4. The third kappa shape index (κ3) is 3.15. The molecule has 0 aliphatic rings. The maximum Gasteiger partial charge on any atom is 0.271 e. The highest BCUT2D eigenvalue weighted by Gasteiger charge is 2.08. The Morgan fingerprint density at radius 1 is 1.59 bits per heavy atom. The van der Waals surface area contributed by atoms with Crippen LogP contribution in [-0.2, 0) is 13.1 Å². The zero-order chi connectivity index (χ0) is 12.1. The molecule has 0 aliphatic carbocycles. The summed E-state index contributed by atoms with van der Waals surface area (Å²) >= 11 is 1.61. The molecule has 0 aromatic carbocycles. The van der Waals surface area contributed by atoms with E-state index in [2.05, 4.69) is 10.3 Å². The predicted molar refractivity (Wildman–Crippen MR) is 66.8 cm³/mol. The van der Waals surface area contributed by atoms with Crippen LogP contribution in [-0.4, -0.2) is 22.0 Å². The third-order valence-corrected chi connectivity index (χ3v) is 3.02. The summed E-state index contributed by atoms with van der Waals surface area (Å²) in [5.41, 5.74) is 6.95. The highest BCUT2D eigenvalue weighted by Crippen LogP contribution is 2.05. The second kappa shape index (κ2) is 5.60. The predicted octanol–water partition coefficient (Wildman–Crippen LogP) is 0.833. The average Bonchev–Trinajstić information content (AvgIpc) is 2.97. The summed E-state index contributed by atoms with van der Waals surface area (Å²) in [4.78, 5) is 15.8. The zero-order valence-corrected chi connectivity index (χ0v) is 10.1. The van der Waals surface area contributed by atoms with Crippen LogP contribution in [0.5, 0.6) is 0 Å². The number of amides is 1. The van der Waals surface area contributed by atoms with Gasteiger partial charge in [0.25, 0.3) is 5.91 Å². The fraction of sp³-hybridized carbons (Fsp3) is 0.273. The first-order valence-electron chi connectivity index (χ1n) is 5.30. The number of thiophene rings is 1. The molecule has 5 nitrogen and oxygen atoms in total. The maximum atomic E-state index is 11.7. The molecule has 0 fully saturated rings. The Labute approximate surface area is 103 Å². The van der Waals surface area contributed by atoms with Gasteiger partial charge in [0.2, 0.25) is 0 Å². The molecule has 0 unspecified atom stereocenters. The number of nitrogens with zero attached hydrogens (tertiary/aromatic N) is 2.